The third kappa shape index (κ3) is 5.50. The van der Waals surface area contributed by atoms with Crippen LogP contribution in [0.15, 0.2) is 42.5 Å². The smallest absolute Gasteiger partial charge is 0.311 e. The maximum atomic E-state index is 13.3. The molecule has 2 aromatic carbocycles. The average molecular weight is 376 g/mol. The second-order valence-electron chi connectivity index (χ2n) is 5.57. The molecule has 1 amide bonds. The van der Waals surface area contributed by atoms with E-state index in [9.17, 15) is 24.1 Å². The van der Waals surface area contributed by atoms with Crippen molar-refractivity contribution in [2.24, 2.45) is 0 Å². The first-order valence-corrected chi connectivity index (χ1v) is 7.87. The van der Waals surface area contributed by atoms with Crippen LogP contribution in [0.1, 0.15) is 12.5 Å². The van der Waals surface area contributed by atoms with Crippen molar-refractivity contribution in [2.75, 3.05) is 12.4 Å². The predicted octanol–water partition coefficient (Wildman–Crippen LogP) is 2.86. The van der Waals surface area contributed by atoms with Gasteiger partial charge in [-0.2, -0.15) is 4.39 Å². The largest absolute Gasteiger partial charge is 0.497 e. The first kappa shape index (κ1) is 19.8. The van der Waals surface area contributed by atoms with Gasteiger partial charge in [-0.1, -0.05) is 12.1 Å². The van der Waals surface area contributed by atoms with E-state index in [4.69, 9.17) is 9.47 Å². The second-order valence-corrected chi connectivity index (χ2v) is 5.57. The summed E-state index contributed by atoms with van der Waals surface area (Å²) in [5, 5.41) is 13.1. The number of esters is 1. The van der Waals surface area contributed by atoms with Crippen LogP contribution in [0.3, 0.4) is 0 Å². The van der Waals surface area contributed by atoms with E-state index in [1.165, 1.54) is 20.1 Å². The number of rotatable bonds is 7. The van der Waals surface area contributed by atoms with Crippen molar-refractivity contribution in [3.05, 3.63) is 64.0 Å². The Hall–Kier alpha value is -3.49. The molecule has 9 heteroatoms. The molecule has 0 aromatic heterocycles. The van der Waals surface area contributed by atoms with Gasteiger partial charge in [-0.15, -0.1) is 0 Å². The maximum absolute atomic E-state index is 13.3. The van der Waals surface area contributed by atoms with E-state index in [1.807, 2.05) is 0 Å². The Bertz CT molecular complexity index is 853. The molecule has 0 spiro atoms. The van der Waals surface area contributed by atoms with Gasteiger partial charge < -0.3 is 14.8 Å². The number of hydrogen-bond donors (Lipinski definition) is 1. The van der Waals surface area contributed by atoms with Crippen molar-refractivity contribution >= 4 is 23.3 Å². The fraction of sp³-hybridized carbons (Fsp3) is 0.222. The van der Waals surface area contributed by atoms with E-state index in [2.05, 4.69) is 5.32 Å². The van der Waals surface area contributed by atoms with E-state index in [-0.39, 0.29) is 12.1 Å². The molecule has 2 aromatic rings. The number of nitro benzene ring substituents is 1. The summed E-state index contributed by atoms with van der Waals surface area (Å²) in [6, 6.07) is 9.71. The molecular weight excluding hydrogens is 359 g/mol. The van der Waals surface area contributed by atoms with Crippen molar-refractivity contribution in [1.82, 2.24) is 0 Å². The number of amides is 1. The molecule has 8 nitrogen and oxygen atoms in total. The Kier molecular flexibility index (Phi) is 6.42. The Balaban J connectivity index is 1.93. The number of halogens is 1. The van der Waals surface area contributed by atoms with Gasteiger partial charge in [0.15, 0.2) is 6.10 Å². The number of nitrogens with one attached hydrogen (secondary N) is 1. The van der Waals surface area contributed by atoms with Crippen LogP contribution in [0.4, 0.5) is 15.8 Å². The molecule has 2 rings (SSSR count). The van der Waals surface area contributed by atoms with Gasteiger partial charge in [0.1, 0.15) is 5.75 Å². The average Bonchev–Trinajstić information content (AvgIpc) is 2.63. The minimum atomic E-state index is -1.14. The van der Waals surface area contributed by atoms with Gasteiger partial charge in [-0.05, 0) is 36.8 Å². The summed E-state index contributed by atoms with van der Waals surface area (Å²) < 4.78 is 23.4. The molecule has 1 N–H and O–H groups in total. The highest BCUT2D eigenvalue weighted by Crippen LogP contribution is 2.22. The molecule has 0 fully saturated rings. The zero-order valence-electron chi connectivity index (χ0n) is 14.6. The van der Waals surface area contributed by atoms with E-state index in [0.29, 0.717) is 11.3 Å². The zero-order chi connectivity index (χ0) is 20.0. The van der Waals surface area contributed by atoms with Crippen LogP contribution in [0, 0.1) is 15.9 Å². The van der Waals surface area contributed by atoms with Gasteiger partial charge in [0.2, 0.25) is 5.82 Å². The summed E-state index contributed by atoms with van der Waals surface area (Å²) in [5.74, 6) is -1.68. The lowest BCUT2D eigenvalue weighted by atomic mass is 10.1. The quantitative estimate of drug-likeness (QED) is 0.452. The summed E-state index contributed by atoms with van der Waals surface area (Å²) in [6.07, 6.45) is -1.18. The number of nitro groups is 1. The third-order valence-corrected chi connectivity index (χ3v) is 3.60. The summed E-state index contributed by atoms with van der Waals surface area (Å²) >= 11 is 0. The molecule has 0 heterocycles. The van der Waals surface area contributed by atoms with Crippen LogP contribution >= 0.6 is 0 Å². The molecule has 0 aliphatic carbocycles. The first-order valence-electron chi connectivity index (χ1n) is 7.87. The first-order chi connectivity index (χ1) is 12.8. The highest BCUT2D eigenvalue weighted by molar-refractivity contribution is 5.95. The molecule has 1 atom stereocenters. The molecule has 27 heavy (non-hydrogen) atoms. The van der Waals surface area contributed by atoms with Gasteiger partial charge in [0.05, 0.1) is 18.5 Å². The number of ether oxygens (including phenoxy) is 2. The molecule has 0 unspecified atom stereocenters. The lowest BCUT2D eigenvalue weighted by Crippen LogP contribution is -2.30. The van der Waals surface area contributed by atoms with Crippen LogP contribution < -0.4 is 10.1 Å². The number of benzene rings is 2. The van der Waals surface area contributed by atoms with Crippen molar-refractivity contribution in [1.29, 1.82) is 0 Å². The highest BCUT2D eigenvalue weighted by atomic mass is 19.1. The van der Waals surface area contributed by atoms with Gasteiger partial charge in [-0.3, -0.25) is 19.7 Å². The Morgan fingerprint density at radius 1 is 1.22 bits per heavy atom. The summed E-state index contributed by atoms with van der Waals surface area (Å²) in [5.41, 5.74) is -0.0642. The van der Waals surface area contributed by atoms with Gasteiger partial charge in [0, 0.05) is 11.8 Å². The van der Waals surface area contributed by atoms with Crippen LogP contribution in [-0.4, -0.2) is 30.0 Å². The molecule has 0 bridgehead atoms. The maximum Gasteiger partial charge on any atom is 0.311 e. The minimum Gasteiger partial charge on any atom is -0.497 e. The van der Waals surface area contributed by atoms with E-state index in [0.717, 1.165) is 12.1 Å². The summed E-state index contributed by atoms with van der Waals surface area (Å²) in [6.45, 7) is 1.36. The number of carbonyl (C=O) groups is 2. The molecule has 0 aliphatic heterocycles. The molecule has 0 saturated heterocycles. The molecule has 0 aliphatic rings. The second kappa shape index (κ2) is 8.75. The molecule has 0 radical (unpaired) electrons. The van der Waals surface area contributed by atoms with Crippen LogP contribution in [-0.2, 0) is 20.7 Å². The number of nitrogens with zero attached hydrogens (tertiary/aromatic N) is 1. The summed E-state index contributed by atoms with van der Waals surface area (Å²) in [4.78, 5) is 33.9. The van der Waals surface area contributed by atoms with Crippen LogP contribution in [0.5, 0.6) is 5.75 Å². The third-order valence-electron chi connectivity index (χ3n) is 3.60. The number of anilines is 1. The van der Waals surface area contributed by atoms with Gasteiger partial charge >= 0.3 is 11.7 Å². The molecule has 142 valence electrons. The lowest BCUT2D eigenvalue weighted by Gasteiger charge is -2.13. The summed E-state index contributed by atoms with van der Waals surface area (Å²) in [7, 11) is 1.53. The Labute approximate surface area is 154 Å². The van der Waals surface area contributed by atoms with Crippen molar-refractivity contribution in [3.8, 4) is 5.75 Å². The van der Waals surface area contributed by atoms with Crippen LogP contribution in [0.25, 0.3) is 0 Å². The van der Waals surface area contributed by atoms with E-state index < -0.39 is 34.4 Å². The topological polar surface area (TPSA) is 108 Å². The Morgan fingerprint density at radius 2 is 1.89 bits per heavy atom. The van der Waals surface area contributed by atoms with Crippen molar-refractivity contribution in [2.45, 2.75) is 19.4 Å². The highest BCUT2D eigenvalue weighted by Gasteiger charge is 2.20. The zero-order valence-corrected chi connectivity index (χ0v) is 14.6. The number of hydrogen-bond acceptors (Lipinski definition) is 6. The molecule has 0 saturated carbocycles. The number of methoxy groups -OCH3 is 1. The monoisotopic (exact) mass is 376 g/mol. The number of carbonyl (C=O) groups excluding carboxylic acids is 2. The van der Waals surface area contributed by atoms with Crippen molar-refractivity contribution in [3.63, 3.8) is 0 Å². The molecular formula is C18H17FN2O6. The lowest BCUT2D eigenvalue weighted by molar-refractivity contribution is -0.387. The fourth-order valence-corrected chi connectivity index (χ4v) is 2.18. The predicted molar refractivity (Wildman–Crippen MR) is 93.9 cm³/mol. The minimum absolute atomic E-state index is 0.0196. The standard InChI is InChI=1S/C18H17FN2O6/c1-11(27-17(22)9-12-3-6-14(26-2)7-4-12)18(23)20-13-5-8-15(19)16(10-13)21(24)25/h3-8,10-11H,9H2,1-2H3,(H,20,23)/t11-/m1/s1. The van der Waals surface area contributed by atoms with Gasteiger partial charge in [-0.25, -0.2) is 0 Å². The normalized spacial score (nSPS) is 11.4. The van der Waals surface area contributed by atoms with E-state index >= 15 is 0 Å². The van der Waals surface area contributed by atoms with Gasteiger partial charge in [0.25, 0.3) is 5.91 Å². The fourth-order valence-electron chi connectivity index (χ4n) is 2.18. The van der Waals surface area contributed by atoms with Crippen LogP contribution in [0.2, 0.25) is 0 Å². The van der Waals surface area contributed by atoms with Crippen molar-refractivity contribution < 1.29 is 28.4 Å². The van der Waals surface area contributed by atoms with E-state index in [1.54, 1.807) is 24.3 Å². The SMILES string of the molecule is COc1ccc(CC(=O)O[C@H](C)C(=O)Nc2ccc(F)c([N+](=O)[O-])c2)cc1. The Morgan fingerprint density at radius 3 is 2.48 bits per heavy atom.